The van der Waals surface area contributed by atoms with Crippen molar-refractivity contribution in [3.05, 3.63) is 53.6 Å². The van der Waals surface area contributed by atoms with Gasteiger partial charge in [-0.3, -0.25) is 0 Å². The molecule has 1 N–H and O–H groups in total. The number of carboxylic acid groups (broad SMARTS) is 1. The Bertz CT molecular complexity index is 805. The molecule has 0 aliphatic carbocycles. The van der Waals surface area contributed by atoms with Crippen LogP contribution in [0, 0.1) is 0 Å². The van der Waals surface area contributed by atoms with Gasteiger partial charge in [0.2, 0.25) is 10.0 Å². The molecule has 0 aliphatic rings. The summed E-state index contributed by atoms with van der Waals surface area (Å²) in [6, 6.07) is 11.0. The van der Waals surface area contributed by atoms with E-state index in [0.717, 1.165) is 0 Å². The van der Waals surface area contributed by atoms with E-state index in [0.29, 0.717) is 16.5 Å². The first-order chi connectivity index (χ1) is 10.8. The van der Waals surface area contributed by atoms with Crippen LogP contribution in [0.15, 0.2) is 53.4 Å². The molecule has 8 heteroatoms. The molecule has 0 aliphatic heterocycles. The van der Waals surface area contributed by atoms with Crippen molar-refractivity contribution < 1.29 is 23.1 Å². The molecule has 0 bridgehead atoms. The number of benzene rings is 2. The highest BCUT2D eigenvalue weighted by molar-refractivity contribution is 7.89. The molecule has 0 fully saturated rings. The molecule has 0 spiro atoms. The van der Waals surface area contributed by atoms with E-state index >= 15 is 0 Å². The number of hydrogen-bond donors (Lipinski definition) is 1. The number of ether oxygens (including phenoxy) is 1. The van der Waals surface area contributed by atoms with E-state index in [4.69, 9.17) is 16.3 Å². The molecule has 2 aromatic carbocycles. The lowest BCUT2D eigenvalue weighted by Gasteiger charge is -2.15. The Hall–Kier alpha value is -2.09. The van der Waals surface area contributed by atoms with Crippen LogP contribution in [0.5, 0.6) is 11.5 Å². The number of carbonyl (C=O) groups is 1. The van der Waals surface area contributed by atoms with Gasteiger partial charge in [-0.15, -0.1) is 0 Å². The van der Waals surface area contributed by atoms with Crippen molar-refractivity contribution in [3.8, 4) is 11.5 Å². The number of rotatable bonds is 6. The molecule has 122 valence electrons. The van der Waals surface area contributed by atoms with Gasteiger partial charge in [0.1, 0.15) is 11.5 Å². The smallest absolute Gasteiger partial charge is 0.241 e. The second kappa shape index (κ2) is 6.99. The minimum absolute atomic E-state index is 0.0860. The minimum atomic E-state index is -3.95. The number of halogens is 1. The number of sulfonamides is 1. The molecule has 0 aromatic heterocycles. The lowest BCUT2D eigenvalue weighted by Crippen LogP contribution is -2.45. The fraction of sp³-hybridized carbons (Fsp3) is 0.133. The van der Waals surface area contributed by atoms with Gasteiger partial charge in [-0.25, -0.2) is 13.1 Å². The third kappa shape index (κ3) is 4.44. The van der Waals surface area contributed by atoms with Gasteiger partial charge in [0.25, 0.3) is 0 Å². The van der Waals surface area contributed by atoms with Crippen molar-refractivity contribution in [2.45, 2.75) is 17.9 Å². The SMILES string of the molecule is C[C@H](NS(=O)(=O)c1ccc(Oc2ccccc2Cl)cc1)C(=O)[O-]. The van der Waals surface area contributed by atoms with E-state index in [1.165, 1.54) is 31.2 Å². The first kappa shape index (κ1) is 17.3. The van der Waals surface area contributed by atoms with Gasteiger partial charge in [0, 0.05) is 0 Å². The summed E-state index contributed by atoms with van der Waals surface area (Å²) < 4.78 is 31.6. The van der Waals surface area contributed by atoms with E-state index in [9.17, 15) is 18.3 Å². The van der Waals surface area contributed by atoms with Crippen LogP contribution in [-0.2, 0) is 14.8 Å². The molecular weight excluding hydrogens is 342 g/mol. The molecule has 0 heterocycles. The number of carbonyl (C=O) groups excluding carboxylic acids is 1. The molecule has 1 atom stereocenters. The maximum Gasteiger partial charge on any atom is 0.241 e. The quantitative estimate of drug-likeness (QED) is 0.849. The molecule has 0 amide bonds. The Labute approximate surface area is 138 Å². The van der Waals surface area contributed by atoms with Gasteiger partial charge in [-0.2, -0.15) is 0 Å². The van der Waals surface area contributed by atoms with E-state index in [1.54, 1.807) is 24.3 Å². The van der Waals surface area contributed by atoms with Crippen molar-refractivity contribution in [1.29, 1.82) is 0 Å². The molecule has 0 unspecified atom stereocenters. The van der Waals surface area contributed by atoms with Crippen LogP contribution in [-0.4, -0.2) is 20.4 Å². The number of hydrogen-bond acceptors (Lipinski definition) is 5. The van der Waals surface area contributed by atoms with Crippen LogP contribution in [0.25, 0.3) is 0 Å². The van der Waals surface area contributed by atoms with Crippen LogP contribution in [0.2, 0.25) is 5.02 Å². The summed E-state index contributed by atoms with van der Waals surface area (Å²) in [6.45, 7) is 1.18. The molecule has 23 heavy (non-hydrogen) atoms. The average Bonchev–Trinajstić information content (AvgIpc) is 2.49. The Morgan fingerprint density at radius 3 is 2.35 bits per heavy atom. The molecule has 2 rings (SSSR count). The molecular formula is C15H13ClNO5S-. The van der Waals surface area contributed by atoms with Gasteiger partial charge >= 0.3 is 0 Å². The number of carboxylic acids is 1. The summed E-state index contributed by atoms with van der Waals surface area (Å²) in [5.74, 6) is -0.675. The van der Waals surface area contributed by atoms with Crippen LogP contribution in [0.3, 0.4) is 0 Å². The number of nitrogens with one attached hydrogen (secondary N) is 1. The fourth-order valence-electron chi connectivity index (χ4n) is 1.69. The highest BCUT2D eigenvalue weighted by atomic mass is 35.5. The molecule has 2 aromatic rings. The van der Waals surface area contributed by atoms with Gasteiger partial charge in [-0.05, 0) is 43.3 Å². The van der Waals surface area contributed by atoms with Crippen LogP contribution in [0.1, 0.15) is 6.92 Å². The molecule has 0 radical (unpaired) electrons. The first-order valence-corrected chi connectivity index (χ1v) is 8.41. The van der Waals surface area contributed by atoms with Crippen LogP contribution in [0.4, 0.5) is 0 Å². The molecule has 0 saturated heterocycles. The molecule has 0 saturated carbocycles. The second-order valence-electron chi connectivity index (χ2n) is 4.67. The highest BCUT2D eigenvalue weighted by Gasteiger charge is 2.18. The van der Waals surface area contributed by atoms with Gasteiger partial charge in [0.05, 0.1) is 21.9 Å². The number of aliphatic carboxylic acids is 1. The maximum atomic E-state index is 12.0. The van der Waals surface area contributed by atoms with E-state index in [2.05, 4.69) is 0 Å². The zero-order chi connectivity index (χ0) is 17.0. The van der Waals surface area contributed by atoms with Crippen LogP contribution >= 0.6 is 11.6 Å². The highest BCUT2D eigenvalue weighted by Crippen LogP contribution is 2.29. The van der Waals surface area contributed by atoms with Crippen molar-refractivity contribution in [2.24, 2.45) is 0 Å². The summed E-state index contributed by atoms with van der Waals surface area (Å²) in [5.41, 5.74) is 0. The van der Waals surface area contributed by atoms with Gasteiger partial charge in [-0.1, -0.05) is 23.7 Å². The second-order valence-corrected chi connectivity index (χ2v) is 6.79. The lowest BCUT2D eigenvalue weighted by atomic mass is 10.3. The normalized spacial score (nSPS) is 12.6. The topological polar surface area (TPSA) is 95.5 Å². The van der Waals surface area contributed by atoms with E-state index < -0.39 is 22.0 Å². The van der Waals surface area contributed by atoms with Crippen molar-refractivity contribution in [2.75, 3.05) is 0 Å². The van der Waals surface area contributed by atoms with Crippen molar-refractivity contribution in [3.63, 3.8) is 0 Å². The number of para-hydroxylation sites is 1. The minimum Gasteiger partial charge on any atom is -0.548 e. The van der Waals surface area contributed by atoms with Gasteiger partial charge < -0.3 is 14.6 Å². The Kier molecular flexibility index (Phi) is 5.25. The zero-order valence-electron chi connectivity index (χ0n) is 12.0. The average molecular weight is 355 g/mol. The predicted octanol–water partition coefficient (Wildman–Crippen LogP) is 1.55. The zero-order valence-corrected chi connectivity index (χ0v) is 13.6. The third-order valence-corrected chi connectivity index (χ3v) is 4.75. The maximum absolute atomic E-state index is 12.0. The summed E-state index contributed by atoms with van der Waals surface area (Å²) in [6.07, 6.45) is 0. The standard InChI is InChI=1S/C15H14ClNO5S/c1-10(15(18)19)17-23(20,21)12-8-6-11(7-9-12)22-14-5-3-2-4-13(14)16/h2-10,17H,1H3,(H,18,19)/p-1/t10-/m0/s1. The summed E-state index contributed by atoms with van der Waals surface area (Å²) in [5, 5.41) is 11.1. The third-order valence-electron chi connectivity index (χ3n) is 2.88. The molecule has 6 nitrogen and oxygen atoms in total. The van der Waals surface area contributed by atoms with Gasteiger partial charge in [0.15, 0.2) is 0 Å². The van der Waals surface area contributed by atoms with Crippen molar-refractivity contribution in [1.82, 2.24) is 4.72 Å². The summed E-state index contributed by atoms with van der Waals surface area (Å²) in [7, 11) is -3.95. The summed E-state index contributed by atoms with van der Waals surface area (Å²) >= 11 is 5.97. The fourth-order valence-corrected chi connectivity index (χ4v) is 3.06. The van der Waals surface area contributed by atoms with E-state index in [-0.39, 0.29) is 4.90 Å². The lowest BCUT2D eigenvalue weighted by molar-refractivity contribution is -0.307. The first-order valence-electron chi connectivity index (χ1n) is 6.55. The predicted molar refractivity (Wildman–Crippen MR) is 82.8 cm³/mol. The largest absolute Gasteiger partial charge is 0.548 e. The van der Waals surface area contributed by atoms with Crippen molar-refractivity contribution >= 4 is 27.6 Å². The van der Waals surface area contributed by atoms with Crippen LogP contribution < -0.4 is 14.6 Å². The Morgan fingerprint density at radius 2 is 1.78 bits per heavy atom. The Morgan fingerprint density at radius 1 is 1.17 bits per heavy atom. The monoisotopic (exact) mass is 354 g/mol. The Balaban J connectivity index is 2.16. The van der Waals surface area contributed by atoms with E-state index in [1.807, 2.05) is 4.72 Å². The summed E-state index contributed by atoms with van der Waals surface area (Å²) in [4.78, 5) is 10.5.